The molecule has 61 heavy (non-hydrogen) atoms. The van der Waals surface area contributed by atoms with E-state index in [9.17, 15) is 15.0 Å². The maximum atomic E-state index is 12.4. The molecule has 0 aliphatic heterocycles. The lowest BCUT2D eigenvalue weighted by molar-refractivity contribution is -0.123. The van der Waals surface area contributed by atoms with Crippen molar-refractivity contribution in [3.05, 3.63) is 60.8 Å². The number of allylic oxidation sites excluding steroid dienone is 9. The molecule has 0 aromatic heterocycles. The summed E-state index contributed by atoms with van der Waals surface area (Å²) in [6, 6.07) is -0.622. The molecule has 0 rings (SSSR count). The number of aliphatic hydroxyl groups is 2. The van der Waals surface area contributed by atoms with Crippen molar-refractivity contribution in [3.8, 4) is 0 Å². The van der Waals surface area contributed by atoms with E-state index < -0.39 is 12.1 Å². The normalized spacial score (nSPS) is 13.3. The zero-order chi connectivity index (χ0) is 44.2. The number of rotatable bonds is 49. The topological polar surface area (TPSA) is 69.6 Å². The van der Waals surface area contributed by atoms with Crippen molar-refractivity contribution >= 4 is 5.91 Å². The molecular weight excluding hydrogens is 747 g/mol. The standard InChI is InChI=1S/C57H105NO3/c1-3-5-7-9-11-13-15-17-19-21-22-23-24-25-26-27-28-29-30-31-32-33-34-35-36-37-39-41-43-45-47-49-51-53-57(61)58-55(54-59)56(60)52-50-48-46-44-42-40-38-20-18-16-14-12-10-8-6-4-2/h5,7,11,13,17,19,22-23,50,52,55-56,59-60H,3-4,6,8-10,12,14-16,18,20-21,24-49,51,53-54H2,1-2H3,(H,58,61)/b7-5-,13-11-,19-17-,23-22-,52-50+. The highest BCUT2D eigenvalue weighted by Crippen LogP contribution is 2.17. The van der Waals surface area contributed by atoms with Crippen LogP contribution >= 0.6 is 0 Å². The lowest BCUT2D eigenvalue weighted by Crippen LogP contribution is -2.45. The highest BCUT2D eigenvalue weighted by Gasteiger charge is 2.18. The van der Waals surface area contributed by atoms with Gasteiger partial charge in [-0.05, 0) is 57.8 Å². The molecule has 1 amide bonds. The van der Waals surface area contributed by atoms with Gasteiger partial charge in [0, 0.05) is 6.42 Å². The fraction of sp³-hybridized carbons (Fsp3) is 0.807. The van der Waals surface area contributed by atoms with Gasteiger partial charge in [0.05, 0.1) is 18.8 Å². The fourth-order valence-electron chi connectivity index (χ4n) is 8.17. The van der Waals surface area contributed by atoms with E-state index in [1.54, 1.807) is 6.08 Å². The maximum Gasteiger partial charge on any atom is 0.220 e. The number of amides is 1. The predicted molar refractivity (Wildman–Crippen MR) is 271 cm³/mol. The lowest BCUT2D eigenvalue weighted by Gasteiger charge is -2.20. The summed E-state index contributed by atoms with van der Waals surface area (Å²) in [6.07, 6.45) is 73.7. The van der Waals surface area contributed by atoms with Crippen LogP contribution in [0.25, 0.3) is 0 Å². The highest BCUT2D eigenvalue weighted by molar-refractivity contribution is 5.76. The minimum atomic E-state index is -0.839. The molecule has 0 radical (unpaired) electrons. The van der Waals surface area contributed by atoms with Gasteiger partial charge in [-0.15, -0.1) is 0 Å². The molecule has 4 heteroatoms. The Balaban J connectivity index is 3.46. The molecular formula is C57H105NO3. The van der Waals surface area contributed by atoms with E-state index in [-0.39, 0.29) is 12.5 Å². The average Bonchev–Trinajstić information content (AvgIpc) is 3.26. The van der Waals surface area contributed by atoms with Gasteiger partial charge in [-0.1, -0.05) is 274 Å². The quantitative estimate of drug-likeness (QED) is 0.0422. The molecule has 0 saturated carbocycles. The van der Waals surface area contributed by atoms with Gasteiger partial charge in [0.25, 0.3) is 0 Å². The van der Waals surface area contributed by atoms with Crippen LogP contribution in [0.3, 0.4) is 0 Å². The zero-order valence-electron chi connectivity index (χ0n) is 40.9. The third-order valence-corrected chi connectivity index (χ3v) is 12.3. The first-order valence-corrected chi connectivity index (χ1v) is 27.0. The van der Waals surface area contributed by atoms with Crippen LogP contribution in [0.15, 0.2) is 60.8 Å². The molecule has 3 N–H and O–H groups in total. The fourth-order valence-corrected chi connectivity index (χ4v) is 8.17. The molecule has 0 aromatic rings. The van der Waals surface area contributed by atoms with Crippen LogP contribution in [0.4, 0.5) is 0 Å². The molecule has 0 spiro atoms. The first-order valence-electron chi connectivity index (χ1n) is 27.0. The van der Waals surface area contributed by atoms with Gasteiger partial charge in [-0.25, -0.2) is 0 Å². The Morgan fingerprint density at radius 2 is 0.721 bits per heavy atom. The van der Waals surface area contributed by atoms with Gasteiger partial charge in [-0.3, -0.25) is 4.79 Å². The van der Waals surface area contributed by atoms with E-state index in [0.29, 0.717) is 6.42 Å². The summed E-state index contributed by atoms with van der Waals surface area (Å²) >= 11 is 0. The molecule has 0 aliphatic carbocycles. The van der Waals surface area contributed by atoms with Gasteiger partial charge in [0.15, 0.2) is 0 Å². The first-order chi connectivity index (χ1) is 30.2. The minimum absolute atomic E-state index is 0.0612. The number of hydrogen-bond donors (Lipinski definition) is 3. The number of hydrogen-bond acceptors (Lipinski definition) is 3. The summed E-state index contributed by atoms with van der Waals surface area (Å²) in [5.74, 6) is -0.0612. The summed E-state index contributed by atoms with van der Waals surface area (Å²) in [4.78, 5) is 12.4. The van der Waals surface area contributed by atoms with Gasteiger partial charge < -0.3 is 15.5 Å². The number of carbonyl (C=O) groups excluding carboxylic acids is 1. The van der Waals surface area contributed by atoms with Crippen molar-refractivity contribution in [1.82, 2.24) is 5.32 Å². The van der Waals surface area contributed by atoms with Crippen LogP contribution in [-0.2, 0) is 4.79 Å². The Bertz CT molecular complexity index is 1010. The van der Waals surface area contributed by atoms with Crippen molar-refractivity contribution in [3.63, 3.8) is 0 Å². The molecule has 4 nitrogen and oxygen atoms in total. The Kier molecular flexibility index (Phi) is 50.8. The van der Waals surface area contributed by atoms with E-state index >= 15 is 0 Å². The van der Waals surface area contributed by atoms with Gasteiger partial charge in [-0.2, -0.15) is 0 Å². The molecule has 0 aromatic carbocycles. The van der Waals surface area contributed by atoms with Crippen molar-refractivity contribution in [1.29, 1.82) is 0 Å². The predicted octanol–water partition coefficient (Wildman–Crippen LogP) is 17.6. The highest BCUT2D eigenvalue weighted by atomic mass is 16.3. The molecule has 2 unspecified atom stereocenters. The monoisotopic (exact) mass is 852 g/mol. The number of carbonyl (C=O) groups is 1. The molecule has 0 bridgehead atoms. The van der Waals surface area contributed by atoms with E-state index in [2.05, 4.69) is 67.8 Å². The van der Waals surface area contributed by atoms with Crippen molar-refractivity contribution in [2.45, 2.75) is 289 Å². The molecule has 0 fully saturated rings. The van der Waals surface area contributed by atoms with Gasteiger partial charge >= 0.3 is 0 Å². The minimum Gasteiger partial charge on any atom is -0.394 e. The summed E-state index contributed by atoms with van der Waals surface area (Å²) in [5.41, 5.74) is 0. The second-order valence-corrected chi connectivity index (χ2v) is 18.3. The Labute approximate surface area is 381 Å². The van der Waals surface area contributed by atoms with Crippen LogP contribution < -0.4 is 5.32 Å². The molecule has 356 valence electrons. The summed E-state index contributed by atoms with van der Waals surface area (Å²) in [6.45, 7) is 4.21. The number of aliphatic hydroxyl groups excluding tert-OH is 2. The van der Waals surface area contributed by atoms with Gasteiger partial charge in [0.1, 0.15) is 0 Å². The average molecular weight is 852 g/mol. The summed E-state index contributed by atoms with van der Waals surface area (Å²) < 4.78 is 0. The first kappa shape index (κ1) is 59.1. The lowest BCUT2D eigenvalue weighted by atomic mass is 10.0. The number of unbranched alkanes of at least 4 members (excludes halogenated alkanes) is 34. The van der Waals surface area contributed by atoms with Crippen LogP contribution in [0.5, 0.6) is 0 Å². The van der Waals surface area contributed by atoms with Crippen LogP contribution in [0.1, 0.15) is 277 Å². The SMILES string of the molecule is CC/C=C\C/C=C\C/C=C\C/C=C\CCCCCCCCCCCCCCCCCCCCCCC(=O)NC(CO)C(O)/C=C/CCCCCCCCCCCCCCCC. The van der Waals surface area contributed by atoms with Crippen molar-refractivity contribution < 1.29 is 15.0 Å². The van der Waals surface area contributed by atoms with Crippen LogP contribution in [0.2, 0.25) is 0 Å². The van der Waals surface area contributed by atoms with Crippen LogP contribution in [-0.4, -0.2) is 34.9 Å². The van der Waals surface area contributed by atoms with Crippen molar-refractivity contribution in [2.75, 3.05) is 6.61 Å². The summed E-state index contributed by atoms with van der Waals surface area (Å²) in [7, 11) is 0. The van der Waals surface area contributed by atoms with Crippen LogP contribution in [0, 0.1) is 0 Å². The largest absolute Gasteiger partial charge is 0.394 e. The third-order valence-electron chi connectivity index (χ3n) is 12.3. The maximum absolute atomic E-state index is 12.4. The number of nitrogens with one attached hydrogen (secondary N) is 1. The second kappa shape index (κ2) is 52.4. The molecule has 0 heterocycles. The Morgan fingerprint density at radius 3 is 1.08 bits per heavy atom. The summed E-state index contributed by atoms with van der Waals surface area (Å²) in [5, 5.41) is 23.1. The second-order valence-electron chi connectivity index (χ2n) is 18.3. The third kappa shape index (κ3) is 49.0. The smallest absolute Gasteiger partial charge is 0.220 e. The van der Waals surface area contributed by atoms with E-state index in [1.807, 2.05) is 6.08 Å². The molecule has 0 aliphatic rings. The van der Waals surface area contributed by atoms with E-state index in [0.717, 1.165) is 51.4 Å². The van der Waals surface area contributed by atoms with E-state index in [4.69, 9.17) is 0 Å². The molecule has 2 atom stereocenters. The zero-order valence-corrected chi connectivity index (χ0v) is 40.9. The van der Waals surface area contributed by atoms with E-state index in [1.165, 1.54) is 205 Å². The molecule has 0 saturated heterocycles. The van der Waals surface area contributed by atoms with Gasteiger partial charge in [0.2, 0.25) is 5.91 Å². The Hall–Kier alpha value is -1.91. The Morgan fingerprint density at radius 1 is 0.410 bits per heavy atom. The van der Waals surface area contributed by atoms with Crippen molar-refractivity contribution in [2.24, 2.45) is 0 Å².